The summed E-state index contributed by atoms with van der Waals surface area (Å²) in [5.74, 6) is 0.227. The summed E-state index contributed by atoms with van der Waals surface area (Å²) >= 11 is 1.50. The molecule has 0 radical (unpaired) electrons. The number of aromatic nitrogens is 1. The molecular weight excluding hydrogens is 334 g/mol. The minimum absolute atomic E-state index is 0.0762. The summed E-state index contributed by atoms with van der Waals surface area (Å²) in [5, 5.41) is 0.938. The van der Waals surface area contributed by atoms with Crippen molar-refractivity contribution in [3.63, 3.8) is 0 Å². The number of likely N-dealkylation sites (N-methyl/N-ethyl adjacent to an activating group) is 1. The van der Waals surface area contributed by atoms with E-state index < -0.39 is 0 Å². The Labute approximate surface area is 154 Å². The van der Waals surface area contributed by atoms with Crippen LogP contribution in [0.5, 0.6) is 0 Å². The van der Waals surface area contributed by atoms with Crippen molar-refractivity contribution in [1.82, 2.24) is 14.8 Å². The molecule has 138 valence electrons. The smallest absolute Gasteiger partial charge is 0.266 e. The SMILES string of the molecule is CCN(C(C)=O)[C@@H]1CN(C(=O)c2sc(C)nc2C)C2(CCCCC2)C1. The van der Waals surface area contributed by atoms with Crippen molar-refractivity contribution in [2.75, 3.05) is 13.1 Å². The number of carbonyl (C=O) groups is 2. The Morgan fingerprint density at radius 2 is 1.96 bits per heavy atom. The van der Waals surface area contributed by atoms with Gasteiger partial charge >= 0.3 is 0 Å². The number of carbonyl (C=O) groups excluding carboxylic acids is 2. The molecule has 2 amide bonds. The van der Waals surface area contributed by atoms with E-state index in [0.29, 0.717) is 13.1 Å². The van der Waals surface area contributed by atoms with Crippen LogP contribution in [0.4, 0.5) is 0 Å². The van der Waals surface area contributed by atoms with Gasteiger partial charge < -0.3 is 9.80 Å². The van der Waals surface area contributed by atoms with Crippen molar-refractivity contribution < 1.29 is 9.59 Å². The second-order valence-corrected chi connectivity index (χ2v) is 8.71. The van der Waals surface area contributed by atoms with Gasteiger partial charge in [0.15, 0.2) is 0 Å². The normalized spacial score (nSPS) is 22.4. The first kappa shape index (κ1) is 18.4. The van der Waals surface area contributed by atoms with Crippen molar-refractivity contribution in [2.24, 2.45) is 0 Å². The monoisotopic (exact) mass is 363 g/mol. The fourth-order valence-corrected chi connectivity index (χ4v) is 5.67. The number of likely N-dealkylation sites (tertiary alicyclic amines) is 1. The van der Waals surface area contributed by atoms with E-state index in [2.05, 4.69) is 9.88 Å². The Balaban J connectivity index is 1.92. The first-order valence-corrected chi connectivity index (χ1v) is 10.2. The molecule has 1 aromatic rings. The number of hydrogen-bond donors (Lipinski definition) is 0. The van der Waals surface area contributed by atoms with Gasteiger partial charge in [-0.1, -0.05) is 19.3 Å². The summed E-state index contributed by atoms with van der Waals surface area (Å²) in [6.07, 6.45) is 6.62. The van der Waals surface area contributed by atoms with Crippen LogP contribution in [0.15, 0.2) is 0 Å². The van der Waals surface area contributed by atoms with Gasteiger partial charge in [-0.05, 0) is 40.0 Å². The van der Waals surface area contributed by atoms with Gasteiger partial charge in [-0.25, -0.2) is 4.98 Å². The third kappa shape index (κ3) is 3.33. The zero-order valence-corrected chi connectivity index (χ0v) is 16.6. The predicted molar refractivity (Wildman–Crippen MR) is 99.9 cm³/mol. The van der Waals surface area contributed by atoms with Crippen LogP contribution in [0.3, 0.4) is 0 Å². The molecule has 5 nitrogen and oxygen atoms in total. The van der Waals surface area contributed by atoms with Crippen LogP contribution in [-0.4, -0.2) is 51.3 Å². The second kappa shape index (κ2) is 7.06. The zero-order valence-electron chi connectivity index (χ0n) is 15.8. The van der Waals surface area contributed by atoms with Crippen molar-refractivity contribution in [3.05, 3.63) is 15.6 Å². The molecule has 2 fully saturated rings. The number of amides is 2. The first-order valence-electron chi connectivity index (χ1n) is 9.41. The Hall–Kier alpha value is -1.43. The van der Waals surface area contributed by atoms with Gasteiger partial charge in [-0.3, -0.25) is 9.59 Å². The molecule has 2 heterocycles. The summed E-state index contributed by atoms with van der Waals surface area (Å²) in [7, 11) is 0. The highest BCUT2D eigenvalue weighted by Crippen LogP contribution is 2.44. The summed E-state index contributed by atoms with van der Waals surface area (Å²) < 4.78 is 0. The minimum atomic E-state index is -0.0762. The van der Waals surface area contributed by atoms with Crippen LogP contribution in [0.25, 0.3) is 0 Å². The van der Waals surface area contributed by atoms with E-state index >= 15 is 0 Å². The molecule has 1 spiro atoms. The highest BCUT2D eigenvalue weighted by molar-refractivity contribution is 7.13. The lowest BCUT2D eigenvalue weighted by Crippen LogP contribution is -2.48. The average molecular weight is 364 g/mol. The van der Waals surface area contributed by atoms with E-state index in [0.717, 1.165) is 34.8 Å². The second-order valence-electron chi connectivity index (χ2n) is 7.51. The topological polar surface area (TPSA) is 53.5 Å². The van der Waals surface area contributed by atoms with Gasteiger partial charge in [0.05, 0.1) is 16.7 Å². The molecule has 1 atom stereocenters. The molecule has 1 aliphatic carbocycles. The van der Waals surface area contributed by atoms with Gasteiger partial charge in [0.2, 0.25) is 5.91 Å². The molecule has 0 bridgehead atoms. The van der Waals surface area contributed by atoms with Crippen molar-refractivity contribution in [1.29, 1.82) is 0 Å². The van der Waals surface area contributed by atoms with Crippen LogP contribution in [0, 0.1) is 13.8 Å². The van der Waals surface area contributed by atoms with Crippen LogP contribution in [-0.2, 0) is 4.79 Å². The number of hydrogen-bond acceptors (Lipinski definition) is 4. The van der Waals surface area contributed by atoms with E-state index in [1.165, 1.54) is 30.6 Å². The molecular formula is C19H29N3O2S. The predicted octanol–water partition coefficient (Wildman–Crippen LogP) is 3.55. The molecule has 1 saturated heterocycles. The van der Waals surface area contributed by atoms with Gasteiger partial charge in [0.1, 0.15) is 4.88 Å². The molecule has 6 heteroatoms. The molecule has 1 saturated carbocycles. The summed E-state index contributed by atoms with van der Waals surface area (Å²) in [4.78, 5) is 34.7. The fraction of sp³-hybridized carbons (Fsp3) is 0.737. The van der Waals surface area contributed by atoms with E-state index in [-0.39, 0.29) is 23.4 Å². The van der Waals surface area contributed by atoms with Crippen molar-refractivity contribution in [2.45, 2.75) is 77.8 Å². The lowest BCUT2D eigenvalue weighted by Gasteiger charge is -2.41. The number of aryl methyl sites for hydroxylation is 2. The maximum atomic E-state index is 13.4. The Morgan fingerprint density at radius 1 is 1.28 bits per heavy atom. The Morgan fingerprint density at radius 3 is 2.48 bits per heavy atom. The minimum Gasteiger partial charge on any atom is -0.338 e. The maximum Gasteiger partial charge on any atom is 0.266 e. The van der Waals surface area contributed by atoms with Crippen molar-refractivity contribution in [3.8, 4) is 0 Å². The lowest BCUT2D eigenvalue weighted by atomic mass is 9.79. The van der Waals surface area contributed by atoms with E-state index in [9.17, 15) is 9.59 Å². The molecule has 3 rings (SSSR count). The average Bonchev–Trinajstić information content (AvgIpc) is 3.08. The number of thiazole rings is 1. The highest BCUT2D eigenvalue weighted by Gasteiger charge is 2.50. The first-order chi connectivity index (χ1) is 11.9. The van der Waals surface area contributed by atoms with Gasteiger partial charge in [-0.15, -0.1) is 11.3 Å². The number of nitrogens with zero attached hydrogens (tertiary/aromatic N) is 3. The summed E-state index contributed by atoms with van der Waals surface area (Å²) in [6.45, 7) is 8.89. The van der Waals surface area contributed by atoms with Gasteiger partial charge in [0, 0.05) is 25.6 Å². The van der Waals surface area contributed by atoms with Crippen LogP contribution in [0.2, 0.25) is 0 Å². The Bertz CT molecular complexity index is 664. The largest absolute Gasteiger partial charge is 0.338 e. The van der Waals surface area contributed by atoms with Crippen LogP contribution in [0.1, 0.15) is 72.7 Å². The molecule has 1 aliphatic heterocycles. The highest BCUT2D eigenvalue weighted by atomic mass is 32.1. The molecule has 2 aliphatic rings. The molecule has 1 aromatic heterocycles. The third-order valence-corrected chi connectivity index (χ3v) is 6.96. The molecule has 0 unspecified atom stereocenters. The zero-order chi connectivity index (χ0) is 18.2. The quantitative estimate of drug-likeness (QED) is 0.825. The van der Waals surface area contributed by atoms with Crippen molar-refractivity contribution >= 4 is 23.2 Å². The van der Waals surface area contributed by atoms with Crippen LogP contribution >= 0.6 is 11.3 Å². The molecule has 0 N–H and O–H groups in total. The van der Waals surface area contributed by atoms with E-state index in [4.69, 9.17) is 0 Å². The maximum absolute atomic E-state index is 13.4. The van der Waals surface area contributed by atoms with Gasteiger partial charge in [0.25, 0.3) is 5.91 Å². The molecule has 0 aromatic carbocycles. The summed E-state index contributed by atoms with van der Waals surface area (Å²) in [5.41, 5.74) is 0.758. The standard InChI is InChI=1S/C19H29N3O2S/c1-5-21(15(4)23)16-11-19(9-7-6-8-10-19)22(12-16)18(24)17-13(2)20-14(3)25-17/h16H,5-12H2,1-4H3/t16-/m0/s1. The Kier molecular flexibility index (Phi) is 5.19. The van der Waals surface area contributed by atoms with Crippen LogP contribution < -0.4 is 0 Å². The fourth-order valence-electron chi connectivity index (χ4n) is 4.80. The lowest BCUT2D eigenvalue weighted by molar-refractivity contribution is -0.130. The summed E-state index contributed by atoms with van der Waals surface area (Å²) in [6, 6.07) is 0.138. The third-order valence-electron chi connectivity index (χ3n) is 5.89. The van der Waals surface area contributed by atoms with E-state index in [1.54, 1.807) is 6.92 Å². The number of rotatable bonds is 3. The van der Waals surface area contributed by atoms with E-state index in [1.807, 2.05) is 25.7 Å². The molecule has 25 heavy (non-hydrogen) atoms. The van der Waals surface area contributed by atoms with Gasteiger partial charge in [-0.2, -0.15) is 0 Å².